The van der Waals surface area contributed by atoms with Gasteiger partial charge in [-0.25, -0.2) is 0 Å². The van der Waals surface area contributed by atoms with Crippen molar-refractivity contribution in [1.82, 2.24) is 9.80 Å². The van der Waals surface area contributed by atoms with Crippen LogP contribution in [0.1, 0.15) is 17.7 Å². The first kappa shape index (κ1) is 12.6. The van der Waals surface area contributed by atoms with Crippen LogP contribution >= 0.6 is 27.3 Å². The number of thiophene rings is 1. The van der Waals surface area contributed by atoms with Gasteiger partial charge in [-0.15, -0.1) is 11.3 Å². The molecule has 90 valence electrons. The maximum absolute atomic E-state index is 3.51. The SMILES string of the molecule is CN1CCCC(N(C)Cc2cc(Br)cs2)C1. The van der Waals surface area contributed by atoms with Crippen molar-refractivity contribution in [2.75, 3.05) is 27.2 Å². The molecule has 0 bridgehead atoms. The molecule has 0 amide bonds. The average Bonchev–Trinajstić information content (AvgIpc) is 2.64. The summed E-state index contributed by atoms with van der Waals surface area (Å²) in [6.45, 7) is 3.55. The zero-order valence-electron chi connectivity index (χ0n) is 9.95. The smallest absolute Gasteiger partial charge is 0.0328 e. The van der Waals surface area contributed by atoms with E-state index in [4.69, 9.17) is 0 Å². The Morgan fingerprint density at radius 2 is 2.44 bits per heavy atom. The number of rotatable bonds is 3. The molecule has 1 aliphatic rings. The molecule has 0 saturated carbocycles. The van der Waals surface area contributed by atoms with Crippen molar-refractivity contribution in [2.24, 2.45) is 0 Å². The highest BCUT2D eigenvalue weighted by atomic mass is 79.9. The molecular weight excluding hydrogens is 284 g/mol. The topological polar surface area (TPSA) is 6.48 Å². The standard InChI is InChI=1S/C12H19BrN2S/c1-14-5-3-4-11(7-14)15(2)8-12-6-10(13)9-16-12/h6,9,11H,3-5,7-8H2,1-2H3. The molecule has 2 heterocycles. The quantitative estimate of drug-likeness (QED) is 0.847. The van der Waals surface area contributed by atoms with Crippen LogP contribution in [0.2, 0.25) is 0 Å². The highest BCUT2D eigenvalue weighted by molar-refractivity contribution is 9.10. The zero-order chi connectivity index (χ0) is 11.5. The molecule has 0 aromatic carbocycles. The molecule has 1 unspecified atom stereocenters. The Labute approximate surface area is 110 Å². The third-order valence-electron chi connectivity index (χ3n) is 3.25. The number of likely N-dealkylation sites (N-methyl/N-ethyl adjacent to an activating group) is 2. The van der Waals surface area contributed by atoms with Gasteiger partial charge in [0, 0.05) is 33.9 Å². The highest BCUT2D eigenvalue weighted by Gasteiger charge is 2.21. The van der Waals surface area contributed by atoms with E-state index >= 15 is 0 Å². The van der Waals surface area contributed by atoms with E-state index in [1.807, 2.05) is 11.3 Å². The van der Waals surface area contributed by atoms with Gasteiger partial charge in [0.05, 0.1) is 0 Å². The Morgan fingerprint density at radius 1 is 1.62 bits per heavy atom. The minimum atomic E-state index is 0.722. The number of hydrogen-bond acceptors (Lipinski definition) is 3. The monoisotopic (exact) mass is 302 g/mol. The van der Waals surface area contributed by atoms with Crippen LogP contribution in [0.4, 0.5) is 0 Å². The van der Waals surface area contributed by atoms with Gasteiger partial charge in [-0.05, 0) is 55.5 Å². The Kier molecular flexibility index (Phi) is 4.41. The van der Waals surface area contributed by atoms with Crippen LogP contribution in [0.15, 0.2) is 15.9 Å². The second-order valence-corrected chi connectivity index (χ2v) is 6.62. The van der Waals surface area contributed by atoms with Crippen LogP contribution in [0, 0.1) is 0 Å². The number of hydrogen-bond donors (Lipinski definition) is 0. The predicted molar refractivity (Wildman–Crippen MR) is 74.0 cm³/mol. The molecule has 0 aliphatic carbocycles. The van der Waals surface area contributed by atoms with Crippen molar-refractivity contribution in [3.8, 4) is 0 Å². The van der Waals surface area contributed by atoms with Crippen LogP contribution < -0.4 is 0 Å². The Bertz CT molecular complexity index is 340. The van der Waals surface area contributed by atoms with Crippen LogP contribution in [0.3, 0.4) is 0 Å². The Balaban J connectivity index is 1.89. The lowest BCUT2D eigenvalue weighted by atomic mass is 10.1. The molecule has 2 rings (SSSR count). The van der Waals surface area contributed by atoms with E-state index in [9.17, 15) is 0 Å². The van der Waals surface area contributed by atoms with Crippen LogP contribution in [0.5, 0.6) is 0 Å². The molecule has 2 nitrogen and oxygen atoms in total. The van der Waals surface area contributed by atoms with Crippen molar-refractivity contribution < 1.29 is 0 Å². The molecule has 1 saturated heterocycles. The second kappa shape index (κ2) is 5.63. The molecule has 0 spiro atoms. The second-order valence-electron chi connectivity index (χ2n) is 4.70. The minimum Gasteiger partial charge on any atom is -0.305 e. The van der Waals surface area contributed by atoms with E-state index in [2.05, 4.69) is 51.3 Å². The maximum Gasteiger partial charge on any atom is 0.0328 e. The number of likely N-dealkylation sites (tertiary alicyclic amines) is 1. The van der Waals surface area contributed by atoms with E-state index in [1.165, 1.54) is 35.3 Å². The molecule has 1 aliphatic heterocycles. The summed E-state index contributed by atoms with van der Waals surface area (Å²) in [7, 11) is 4.47. The summed E-state index contributed by atoms with van der Waals surface area (Å²) in [5.74, 6) is 0. The fourth-order valence-corrected chi connectivity index (χ4v) is 3.82. The van der Waals surface area contributed by atoms with Crippen molar-refractivity contribution in [3.05, 3.63) is 20.8 Å². The zero-order valence-corrected chi connectivity index (χ0v) is 12.4. The molecular formula is C12H19BrN2S. The van der Waals surface area contributed by atoms with E-state index in [1.54, 1.807) is 0 Å². The average molecular weight is 303 g/mol. The summed E-state index contributed by atoms with van der Waals surface area (Å²) in [5.41, 5.74) is 0. The molecule has 16 heavy (non-hydrogen) atoms. The number of halogens is 1. The lowest BCUT2D eigenvalue weighted by molar-refractivity contribution is 0.130. The highest BCUT2D eigenvalue weighted by Crippen LogP contribution is 2.22. The van der Waals surface area contributed by atoms with Crippen molar-refractivity contribution in [2.45, 2.75) is 25.4 Å². The van der Waals surface area contributed by atoms with Gasteiger partial charge in [0.1, 0.15) is 0 Å². The van der Waals surface area contributed by atoms with E-state index < -0.39 is 0 Å². The third kappa shape index (κ3) is 3.29. The molecule has 1 atom stereocenters. The van der Waals surface area contributed by atoms with Gasteiger partial charge in [0.2, 0.25) is 0 Å². The molecule has 0 radical (unpaired) electrons. The van der Waals surface area contributed by atoms with Crippen molar-refractivity contribution >= 4 is 27.3 Å². The molecule has 0 N–H and O–H groups in total. The normalized spacial score (nSPS) is 22.9. The molecule has 1 fully saturated rings. The van der Waals surface area contributed by atoms with E-state index in [0.29, 0.717) is 0 Å². The van der Waals surface area contributed by atoms with Crippen LogP contribution in [-0.4, -0.2) is 43.0 Å². The first-order chi connectivity index (χ1) is 7.65. The summed E-state index contributed by atoms with van der Waals surface area (Å²) in [6.07, 6.45) is 2.67. The Morgan fingerprint density at radius 3 is 3.06 bits per heavy atom. The van der Waals surface area contributed by atoms with Gasteiger partial charge in [0.25, 0.3) is 0 Å². The minimum absolute atomic E-state index is 0.722. The van der Waals surface area contributed by atoms with Gasteiger partial charge in [0.15, 0.2) is 0 Å². The van der Waals surface area contributed by atoms with Gasteiger partial charge in [-0.2, -0.15) is 0 Å². The molecule has 1 aromatic rings. The first-order valence-corrected chi connectivity index (χ1v) is 7.44. The first-order valence-electron chi connectivity index (χ1n) is 5.77. The van der Waals surface area contributed by atoms with Gasteiger partial charge < -0.3 is 4.90 Å². The fraction of sp³-hybridized carbons (Fsp3) is 0.667. The summed E-state index contributed by atoms with van der Waals surface area (Å²) < 4.78 is 1.21. The fourth-order valence-electron chi connectivity index (χ4n) is 2.31. The largest absolute Gasteiger partial charge is 0.305 e. The lowest BCUT2D eigenvalue weighted by Crippen LogP contribution is -2.44. The van der Waals surface area contributed by atoms with Gasteiger partial charge >= 0.3 is 0 Å². The summed E-state index contributed by atoms with van der Waals surface area (Å²) >= 11 is 5.35. The van der Waals surface area contributed by atoms with Gasteiger partial charge in [-0.1, -0.05) is 0 Å². The molecule has 4 heteroatoms. The van der Waals surface area contributed by atoms with Crippen LogP contribution in [-0.2, 0) is 6.54 Å². The van der Waals surface area contributed by atoms with Crippen molar-refractivity contribution in [3.63, 3.8) is 0 Å². The molecule has 1 aromatic heterocycles. The summed E-state index contributed by atoms with van der Waals surface area (Å²) in [4.78, 5) is 6.38. The lowest BCUT2D eigenvalue weighted by Gasteiger charge is -2.35. The van der Waals surface area contributed by atoms with Gasteiger partial charge in [-0.3, -0.25) is 4.90 Å². The van der Waals surface area contributed by atoms with Crippen molar-refractivity contribution in [1.29, 1.82) is 0 Å². The summed E-state index contributed by atoms with van der Waals surface area (Å²) in [6, 6.07) is 2.95. The maximum atomic E-state index is 3.51. The van der Waals surface area contributed by atoms with E-state index in [0.717, 1.165) is 12.6 Å². The van der Waals surface area contributed by atoms with E-state index in [-0.39, 0.29) is 0 Å². The number of piperidine rings is 1. The summed E-state index contributed by atoms with van der Waals surface area (Å²) in [5, 5.41) is 2.16. The third-order valence-corrected chi connectivity index (χ3v) is 4.93. The predicted octanol–water partition coefficient (Wildman–Crippen LogP) is 3.04. The number of nitrogens with zero attached hydrogens (tertiary/aromatic N) is 2. The Hall–Kier alpha value is 0.1000. The van der Waals surface area contributed by atoms with Crippen LogP contribution in [0.25, 0.3) is 0 Å².